The minimum absolute atomic E-state index is 0.404. The molecule has 21 heavy (non-hydrogen) atoms. The Labute approximate surface area is 129 Å². The summed E-state index contributed by atoms with van der Waals surface area (Å²) >= 11 is 0. The molecule has 0 bridgehead atoms. The van der Waals surface area contributed by atoms with Gasteiger partial charge in [0.2, 0.25) is 0 Å². The van der Waals surface area contributed by atoms with Crippen LogP contribution in [-0.4, -0.2) is 38.3 Å². The van der Waals surface area contributed by atoms with Crippen LogP contribution in [0.4, 0.5) is 0 Å². The van der Waals surface area contributed by atoms with E-state index >= 15 is 0 Å². The Morgan fingerprint density at radius 3 is 2.71 bits per heavy atom. The number of rotatable bonds is 7. The fourth-order valence-corrected chi connectivity index (χ4v) is 4.00. The largest absolute Gasteiger partial charge is 0.378 e. The summed E-state index contributed by atoms with van der Waals surface area (Å²) in [5.41, 5.74) is 0.404. The molecule has 3 fully saturated rings. The summed E-state index contributed by atoms with van der Waals surface area (Å²) in [6.45, 7) is 3.99. The molecular weight excluding hydrogens is 262 g/mol. The van der Waals surface area contributed by atoms with Crippen LogP contribution in [-0.2, 0) is 4.74 Å². The normalized spacial score (nSPS) is 30.7. The summed E-state index contributed by atoms with van der Waals surface area (Å²) in [6, 6.07) is 0.553. The van der Waals surface area contributed by atoms with Crippen molar-refractivity contribution in [1.29, 1.82) is 0 Å². The molecule has 120 valence electrons. The van der Waals surface area contributed by atoms with Crippen LogP contribution < -0.4 is 10.6 Å². The molecule has 0 aromatic carbocycles. The summed E-state index contributed by atoms with van der Waals surface area (Å²) in [4.78, 5) is 4.39. The number of ether oxygens (including phenoxy) is 1. The number of aliphatic imine (C=N–C) groups is 1. The minimum Gasteiger partial charge on any atom is -0.378 e. The zero-order valence-electron chi connectivity index (χ0n) is 13.7. The van der Waals surface area contributed by atoms with E-state index in [0.29, 0.717) is 17.6 Å². The highest BCUT2D eigenvalue weighted by Crippen LogP contribution is 2.57. The van der Waals surface area contributed by atoms with E-state index in [1.54, 1.807) is 0 Å². The lowest BCUT2D eigenvalue weighted by atomic mass is 9.51. The first-order chi connectivity index (χ1) is 10.3. The van der Waals surface area contributed by atoms with Gasteiger partial charge < -0.3 is 15.4 Å². The van der Waals surface area contributed by atoms with Gasteiger partial charge in [-0.05, 0) is 44.9 Å². The topological polar surface area (TPSA) is 45.6 Å². The van der Waals surface area contributed by atoms with Crippen molar-refractivity contribution in [2.24, 2.45) is 16.3 Å². The Morgan fingerprint density at radius 1 is 1.33 bits per heavy atom. The molecule has 1 spiro atoms. The van der Waals surface area contributed by atoms with Gasteiger partial charge in [0.25, 0.3) is 0 Å². The molecule has 0 aromatic heterocycles. The van der Waals surface area contributed by atoms with Gasteiger partial charge in [-0.3, -0.25) is 4.99 Å². The zero-order chi connectivity index (χ0) is 14.7. The highest BCUT2D eigenvalue weighted by Gasteiger charge is 2.59. The van der Waals surface area contributed by atoms with Crippen molar-refractivity contribution in [3.8, 4) is 0 Å². The van der Waals surface area contributed by atoms with Crippen molar-refractivity contribution in [1.82, 2.24) is 10.6 Å². The molecule has 2 N–H and O–H groups in total. The van der Waals surface area contributed by atoms with Crippen molar-refractivity contribution in [3.63, 3.8) is 0 Å². The molecule has 3 aliphatic carbocycles. The summed E-state index contributed by atoms with van der Waals surface area (Å²) < 4.78 is 5.91. The van der Waals surface area contributed by atoms with Crippen LogP contribution in [0, 0.1) is 11.3 Å². The fourth-order valence-electron chi connectivity index (χ4n) is 4.00. The molecule has 3 aliphatic rings. The predicted octanol–water partition coefficient (Wildman–Crippen LogP) is 2.69. The quantitative estimate of drug-likeness (QED) is 0.431. The Morgan fingerprint density at radius 2 is 2.14 bits per heavy atom. The van der Waals surface area contributed by atoms with E-state index in [1.165, 1.54) is 44.9 Å². The third-order valence-electron chi connectivity index (χ3n) is 5.75. The van der Waals surface area contributed by atoms with Gasteiger partial charge in [-0.2, -0.15) is 0 Å². The lowest BCUT2D eigenvalue weighted by molar-refractivity contribution is -0.168. The van der Waals surface area contributed by atoms with Gasteiger partial charge >= 0.3 is 0 Å². The van der Waals surface area contributed by atoms with Crippen LogP contribution in [0.25, 0.3) is 0 Å². The Kier molecular flexibility index (Phi) is 4.72. The highest BCUT2D eigenvalue weighted by molar-refractivity contribution is 5.80. The molecule has 0 amide bonds. The van der Waals surface area contributed by atoms with Crippen molar-refractivity contribution < 1.29 is 4.74 Å². The van der Waals surface area contributed by atoms with Crippen molar-refractivity contribution in [3.05, 3.63) is 0 Å². The molecule has 0 radical (unpaired) electrons. The summed E-state index contributed by atoms with van der Waals surface area (Å²) in [7, 11) is 1.88. The Balaban J connectivity index is 1.41. The van der Waals surface area contributed by atoms with Crippen LogP contribution in [0.5, 0.6) is 0 Å². The molecule has 2 unspecified atom stereocenters. The van der Waals surface area contributed by atoms with Crippen LogP contribution in [0.3, 0.4) is 0 Å². The molecule has 0 saturated heterocycles. The van der Waals surface area contributed by atoms with Crippen molar-refractivity contribution >= 4 is 5.96 Å². The van der Waals surface area contributed by atoms with E-state index in [0.717, 1.165) is 31.4 Å². The maximum atomic E-state index is 5.91. The monoisotopic (exact) mass is 293 g/mol. The van der Waals surface area contributed by atoms with Crippen LogP contribution in [0.1, 0.15) is 58.3 Å². The molecule has 4 heteroatoms. The number of nitrogens with one attached hydrogen (secondary N) is 2. The lowest BCUT2D eigenvalue weighted by Gasteiger charge is -2.61. The molecule has 3 rings (SSSR count). The third kappa shape index (κ3) is 3.20. The van der Waals surface area contributed by atoms with Crippen molar-refractivity contribution in [2.45, 2.75) is 70.4 Å². The standard InChI is InChI=1S/C17H31N3O/c1-3-21-15-12-14(17(15)9-5-10-17)20-16(18-2)19-11-4-6-13-7-8-13/h13-15H,3-12H2,1-2H3,(H2,18,19,20). The highest BCUT2D eigenvalue weighted by atomic mass is 16.5. The first-order valence-electron chi connectivity index (χ1n) is 8.87. The van der Waals surface area contributed by atoms with Gasteiger partial charge in [0.1, 0.15) is 0 Å². The molecule has 2 atom stereocenters. The lowest BCUT2D eigenvalue weighted by Crippen LogP contribution is -2.68. The first-order valence-corrected chi connectivity index (χ1v) is 8.87. The minimum atomic E-state index is 0.404. The second-order valence-corrected chi connectivity index (χ2v) is 7.05. The second kappa shape index (κ2) is 6.55. The number of guanidine groups is 1. The number of nitrogens with zero attached hydrogens (tertiary/aromatic N) is 1. The van der Waals surface area contributed by atoms with Gasteiger partial charge in [-0.1, -0.05) is 19.3 Å². The second-order valence-electron chi connectivity index (χ2n) is 7.05. The van der Waals surface area contributed by atoms with Crippen molar-refractivity contribution in [2.75, 3.05) is 20.2 Å². The van der Waals surface area contributed by atoms with Crippen LogP contribution >= 0.6 is 0 Å². The predicted molar refractivity (Wildman–Crippen MR) is 86.6 cm³/mol. The van der Waals surface area contributed by atoms with Gasteiger partial charge in [0, 0.05) is 31.7 Å². The fraction of sp³-hybridized carbons (Fsp3) is 0.941. The number of hydrogen-bond acceptors (Lipinski definition) is 2. The Bertz CT molecular complexity index is 374. The molecule has 4 nitrogen and oxygen atoms in total. The van der Waals surface area contributed by atoms with Gasteiger partial charge in [-0.15, -0.1) is 0 Å². The molecule has 0 aliphatic heterocycles. The SMILES string of the molecule is CCOC1CC(NC(=NC)NCCCC2CC2)C12CCC2. The van der Waals surface area contributed by atoms with E-state index in [9.17, 15) is 0 Å². The van der Waals surface area contributed by atoms with Crippen LogP contribution in [0.15, 0.2) is 4.99 Å². The summed E-state index contributed by atoms with van der Waals surface area (Å²) in [6.07, 6.45) is 11.1. The van der Waals surface area contributed by atoms with Crippen LogP contribution in [0.2, 0.25) is 0 Å². The third-order valence-corrected chi connectivity index (χ3v) is 5.75. The Hall–Kier alpha value is -0.770. The average Bonchev–Trinajstić information content (AvgIpc) is 3.22. The zero-order valence-corrected chi connectivity index (χ0v) is 13.7. The van der Waals surface area contributed by atoms with Gasteiger partial charge in [0.05, 0.1) is 6.10 Å². The maximum Gasteiger partial charge on any atom is 0.191 e. The van der Waals surface area contributed by atoms with E-state index in [4.69, 9.17) is 4.74 Å². The van der Waals surface area contributed by atoms with E-state index < -0.39 is 0 Å². The summed E-state index contributed by atoms with van der Waals surface area (Å²) in [5.74, 6) is 2.01. The van der Waals surface area contributed by atoms with Gasteiger partial charge in [0.15, 0.2) is 5.96 Å². The van der Waals surface area contributed by atoms with E-state index in [1.807, 2.05) is 7.05 Å². The smallest absolute Gasteiger partial charge is 0.191 e. The average molecular weight is 293 g/mol. The van der Waals surface area contributed by atoms with Gasteiger partial charge in [-0.25, -0.2) is 0 Å². The molecular formula is C17H31N3O. The molecule has 3 saturated carbocycles. The van der Waals surface area contributed by atoms with E-state index in [2.05, 4.69) is 22.5 Å². The summed E-state index contributed by atoms with van der Waals surface area (Å²) in [5, 5.41) is 7.13. The van der Waals surface area contributed by atoms with E-state index in [-0.39, 0.29) is 0 Å². The maximum absolute atomic E-state index is 5.91. The molecule has 0 aromatic rings. The first kappa shape index (κ1) is 15.1. The number of hydrogen-bond donors (Lipinski definition) is 2. The molecule has 0 heterocycles.